The predicted molar refractivity (Wildman–Crippen MR) is 84.9 cm³/mol. The molecule has 2 aliphatic rings. The summed E-state index contributed by atoms with van der Waals surface area (Å²) in [7, 11) is 0. The average molecular weight is 303 g/mol. The van der Waals surface area contributed by atoms with Crippen LogP contribution in [0.15, 0.2) is 10.9 Å². The van der Waals surface area contributed by atoms with Gasteiger partial charge in [-0.05, 0) is 64.9 Å². The van der Waals surface area contributed by atoms with E-state index in [4.69, 9.17) is 0 Å². The number of fused-ring (bicyclic) bond motifs is 1. The summed E-state index contributed by atoms with van der Waals surface area (Å²) >= 11 is 0. The highest BCUT2D eigenvalue weighted by molar-refractivity contribution is 5.80. The number of rotatable bonds is 2. The number of hydrogen-bond donors (Lipinski definition) is 0. The van der Waals surface area contributed by atoms with Gasteiger partial charge in [0, 0.05) is 18.2 Å². The van der Waals surface area contributed by atoms with E-state index in [1.807, 2.05) is 4.90 Å². The Morgan fingerprint density at radius 3 is 2.59 bits per heavy atom. The van der Waals surface area contributed by atoms with E-state index in [9.17, 15) is 9.59 Å². The number of amides is 1. The smallest absolute Gasteiger partial charge is 0.267 e. The van der Waals surface area contributed by atoms with Crippen LogP contribution in [0.25, 0.3) is 0 Å². The molecule has 1 amide bonds. The normalized spacial score (nSPS) is 25.9. The molecule has 5 heteroatoms. The van der Waals surface area contributed by atoms with Gasteiger partial charge in [0.05, 0.1) is 5.69 Å². The summed E-state index contributed by atoms with van der Waals surface area (Å²) in [5, 5.41) is 4.48. The SMILES string of the molecule is CC1CCCC(C)N1C(=O)C(C)n1nc2c(cc1=O)CCC2. The van der Waals surface area contributed by atoms with Crippen molar-refractivity contribution in [2.24, 2.45) is 0 Å². The molecule has 1 fully saturated rings. The molecule has 1 aliphatic heterocycles. The lowest BCUT2D eigenvalue weighted by molar-refractivity contribution is -0.140. The predicted octanol–water partition coefficient (Wildman–Crippen LogP) is 2.08. The molecule has 0 spiro atoms. The van der Waals surface area contributed by atoms with E-state index in [1.54, 1.807) is 13.0 Å². The summed E-state index contributed by atoms with van der Waals surface area (Å²) < 4.78 is 1.39. The van der Waals surface area contributed by atoms with E-state index >= 15 is 0 Å². The number of aromatic nitrogens is 2. The van der Waals surface area contributed by atoms with E-state index in [2.05, 4.69) is 18.9 Å². The molecule has 1 aliphatic carbocycles. The molecule has 3 atom stereocenters. The van der Waals surface area contributed by atoms with Gasteiger partial charge in [0.15, 0.2) is 0 Å². The number of aryl methyl sites for hydroxylation is 2. The largest absolute Gasteiger partial charge is 0.335 e. The fourth-order valence-electron chi connectivity index (χ4n) is 3.87. The van der Waals surface area contributed by atoms with Crippen LogP contribution in [-0.4, -0.2) is 32.7 Å². The number of likely N-dealkylation sites (tertiary alicyclic amines) is 1. The van der Waals surface area contributed by atoms with Crippen molar-refractivity contribution in [3.05, 3.63) is 27.7 Å². The maximum absolute atomic E-state index is 12.9. The molecule has 3 rings (SSSR count). The van der Waals surface area contributed by atoms with Crippen LogP contribution in [0.3, 0.4) is 0 Å². The zero-order valence-electron chi connectivity index (χ0n) is 13.7. The second-order valence-corrected chi connectivity index (χ2v) is 6.80. The van der Waals surface area contributed by atoms with Crippen LogP contribution in [-0.2, 0) is 17.6 Å². The Bertz CT molecular complexity index is 627. The summed E-state index contributed by atoms with van der Waals surface area (Å²) in [6, 6.07) is 1.62. The van der Waals surface area contributed by atoms with Crippen LogP contribution < -0.4 is 5.56 Å². The Hall–Kier alpha value is -1.65. The zero-order valence-corrected chi connectivity index (χ0v) is 13.7. The summed E-state index contributed by atoms with van der Waals surface area (Å²) in [6.45, 7) is 5.99. The van der Waals surface area contributed by atoms with Crippen LogP contribution in [0.2, 0.25) is 0 Å². The lowest BCUT2D eigenvalue weighted by Gasteiger charge is -2.40. The van der Waals surface area contributed by atoms with Crippen LogP contribution >= 0.6 is 0 Å². The molecule has 0 bridgehead atoms. The maximum atomic E-state index is 12.9. The van der Waals surface area contributed by atoms with Crippen molar-refractivity contribution in [3.63, 3.8) is 0 Å². The number of nitrogens with zero attached hydrogens (tertiary/aromatic N) is 3. The third kappa shape index (κ3) is 2.57. The van der Waals surface area contributed by atoms with Gasteiger partial charge in [-0.25, -0.2) is 4.68 Å². The Labute approximate surface area is 131 Å². The van der Waals surface area contributed by atoms with Gasteiger partial charge in [-0.1, -0.05) is 0 Å². The zero-order chi connectivity index (χ0) is 15.9. The third-order valence-electron chi connectivity index (χ3n) is 5.15. The minimum atomic E-state index is -0.526. The van der Waals surface area contributed by atoms with Gasteiger partial charge in [0.1, 0.15) is 6.04 Å². The second kappa shape index (κ2) is 5.86. The van der Waals surface area contributed by atoms with Gasteiger partial charge < -0.3 is 4.90 Å². The quantitative estimate of drug-likeness (QED) is 0.840. The molecule has 1 saturated heterocycles. The minimum absolute atomic E-state index is 0.0206. The van der Waals surface area contributed by atoms with Crippen molar-refractivity contribution in [2.45, 2.75) is 77.4 Å². The van der Waals surface area contributed by atoms with E-state index in [0.717, 1.165) is 49.8 Å². The fraction of sp³-hybridized carbons (Fsp3) is 0.706. The van der Waals surface area contributed by atoms with Gasteiger partial charge >= 0.3 is 0 Å². The molecule has 1 aromatic heterocycles. The molecular formula is C17H25N3O2. The van der Waals surface area contributed by atoms with Gasteiger partial charge in [0.2, 0.25) is 5.91 Å². The molecule has 5 nitrogen and oxygen atoms in total. The standard InChI is InChI=1S/C17H25N3O2/c1-11-6-4-7-12(2)19(11)17(22)13(3)20-16(21)10-14-8-5-9-15(14)18-20/h10-13H,4-9H2,1-3H3. The number of hydrogen-bond acceptors (Lipinski definition) is 3. The topological polar surface area (TPSA) is 55.2 Å². The van der Waals surface area contributed by atoms with Crippen molar-refractivity contribution < 1.29 is 4.79 Å². The molecular weight excluding hydrogens is 278 g/mol. The number of carbonyl (C=O) groups excluding carboxylic acids is 1. The Balaban J connectivity index is 1.89. The highest BCUT2D eigenvalue weighted by Gasteiger charge is 2.33. The van der Waals surface area contributed by atoms with Gasteiger partial charge in [0.25, 0.3) is 5.56 Å². The molecule has 3 unspecified atom stereocenters. The van der Waals surface area contributed by atoms with Crippen LogP contribution in [0, 0.1) is 0 Å². The molecule has 0 radical (unpaired) electrons. The molecule has 1 aromatic rings. The molecule has 22 heavy (non-hydrogen) atoms. The number of carbonyl (C=O) groups is 1. The highest BCUT2D eigenvalue weighted by Crippen LogP contribution is 2.25. The first kappa shape index (κ1) is 15.3. The Morgan fingerprint density at radius 2 is 1.91 bits per heavy atom. The third-order valence-corrected chi connectivity index (χ3v) is 5.15. The van der Waals surface area contributed by atoms with Crippen LogP contribution in [0.5, 0.6) is 0 Å². The molecule has 2 heterocycles. The highest BCUT2D eigenvalue weighted by atomic mass is 16.2. The molecule has 0 N–H and O–H groups in total. The number of piperidine rings is 1. The Morgan fingerprint density at radius 1 is 1.23 bits per heavy atom. The van der Waals surface area contributed by atoms with E-state index < -0.39 is 6.04 Å². The van der Waals surface area contributed by atoms with Crippen molar-refractivity contribution in [1.82, 2.24) is 14.7 Å². The fourth-order valence-corrected chi connectivity index (χ4v) is 3.87. The summed E-state index contributed by atoms with van der Waals surface area (Å²) in [4.78, 5) is 27.2. The maximum Gasteiger partial charge on any atom is 0.267 e. The summed E-state index contributed by atoms with van der Waals surface area (Å²) in [6.07, 6.45) is 6.13. The average Bonchev–Trinajstić information content (AvgIpc) is 2.92. The van der Waals surface area contributed by atoms with E-state index in [-0.39, 0.29) is 23.6 Å². The van der Waals surface area contributed by atoms with Crippen molar-refractivity contribution >= 4 is 5.91 Å². The van der Waals surface area contributed by atoms with Gasteiger partial charge in [-0.15, -0.1) is 0 Å². The van der Waals surface area contributed by atoms with Gasteiger partial charge in [-0.2, -0.15) is 5.10 Å². The summed E-state index contributed by atoms with van der Waals surface area (Å²) in [5.74, 6) is 0.0206. The monoisotopic (exact) mass is 303 g/mol. The first-order valence-electron chi connectivity index (χ1n) is 8.43. The van der Waals surface area contributed by atoms with E-state index in [0.29, 0.717) is 0 Å². The second-order valence-electron chi connectivity index (χ2n) is 6.80. The van der Waals surface area contributed by atoms with Crippen LogP contribution in [0.4, 0.5) is 0 Å². The first-order valence-corrected chi connectivity index (χ1v) is 8.43. The summed E-state index contributed by atoms with van der Waals surface area (Å²) in [5.41, 5.74) is 1.89. The molecule has 0 aromatic carbocycles. The minimum Gasteiger partial charge on any atom is -0.335 e. The van der Waals surface area contributed by atoms with Crippen molar-refractivity contribution in [2.75, 3.05) is 0 Å². The van der Waals surface area contributed by atoms with Crippen molar-refractivity contribution in [1.29, 1.82) is 0 Å². The Kier molecular flexibility index (Phi) is 4.06. The molecule has 0 saturated carbocycles. The molecule has 120 valence electrons. The van der Waals surface area contributed by atoms with Crippen molar-refractivity contribution in [3.8, 4) is 0 Å². The lowest BCUT2D eigenvalue weighted by Crippen LogP contribution is -2.51. The van der Waals surface area contributed by atoms with E-state index in [1.165, 1.54) is 4.68 Å². The van der Waals surface area contributed by atoms with Gasteiger partial charge in [-0.3, -0.25) is 9.59 Å². The first-order chi connectivity index (χ1) is 10.5. The lowest BCUT2D eigenvalue weighted by atomic mass is 9.96. The van der Waals surface area contributed by atoms with Crippen LogP contribution in [0.1, 0.15) is 63.8 Å².